The Hall–Kier alpha value is -0.490. The fourth-order valence-electron chi connectivity index (χ4n) is 1.60. The normalized spacial score (nSPS) is 12.4. The van der Waals surface area contributed by atoms with E-state index >= 15 is 0 Å². The molecule has 0 atom stereocenters. The summed E-state index contributed by atoms with van der Waals surface area (Å²) < 4.78 is 5.25. The first kappa shape index (κ1) is 16.6. The Kier molecular flexibility index (Phi) is 6.39. The molecular formula is C14H27N3OS. The van der Waals surface area contributed by atoms with Crippen LogP contribution in [0.5, 0.6) is 0 Å². The molecule has 5 heteroatoms. The highest BCUT2D eigenvalue weighted by Crippen LogP contribution is 2.21. The van der Waals surface area contributed by atoms with Crippen LogP contribution in [-0.2, 0) is 24.3 Å². The maximum atomic E-state index is 5.25. The van der Waals surface area contributed by atoms with Gasteiger partial charge in [-0.15, -0.1) is 11.3 Å². The average Bonchev–Trinajstić information content (AvgIpc) is 2.66. The van der Waals surface area contributed by atoms with Gasteiger partial charge in [0, 0.05) is 37.0 Å². The van der Waals surface area contributed by atoms with Crippen LogP contribution in [0.15, 0.2) is 0 Å². The largest absolute Gasteiger partial charge is 0.378 e. The number of nitrogens with one attached hydrogen (secondary N) is 1. The Labute approximate surface area is 121 Å². The summed E-state index contributed by atoms with van der Waals surface area (Å²) in [7, 11) is 5.90. The number of nitrogens with zero attached hydrogens (tertiary/aromatic N) is 2. The minimum absolute atomic E-state index is 0.123. The molecule has 19 heavy (non-hydrogen) atoms. The second kappa shape index (κ2) is 7.33. The van der Waals surface area contributed by atoms with Gasteiger partial charge in [0.25, 0.3) is 0 Å². The van der Waals surface area contributed by atoms with E-state index in [-0.39, 0.29) is 5.54 Å². The fraction of sp³-hybridized carbons (Fsp3) is 0.786. The van der Waals surface area contributed by atoms with Crippen molar-refractivity contribution in [3.63, 3.8) is 0 Å². The number of likely N-dealkylation sites (N-methyl/N-ethyl adjacent to an activating group) is 1. The van der Waals surface area contributed by atoms with Crippen LogP contribution in [0.3, 0.4) is 0 Å². The molecule has 1 aromatic rings. The van der Waals surface area contributed by atoms with Crippen LogP contribution in [0.2, 0.25) is 0 Å². The van der Waals surface area contributed by atoms with E-state index in [1.807, 2.05) is 0 Å². The Balaban J connectivity index is 2.71. The third-order valence-electron chi connectivity index (χ3n) is 2.66. The lowest BCUT2D eigenvalue weighted by atomic mass is 10.1. The summed E-state index contributed by atoms with van der Waals surface area (Å²) in [5.41, 5.74) is 1.20. The Morgan fingerprint density at radius 2 is 2.00 bits per heavy atom. The predicted octanol–water partition coefficient (Wildman–Crippen LogP) is 2.28. The molecule has 1 N–H and O–H groups in total. The topological polar surface area (TPSA) is 37.4 Å². The summed E-state index contributed by atoms with van der Waals surface area (Å²) in [4.78, 5) is 8.18. The van der Waals surface area contributed by atoms with Crippen LogP contribution in [-0.4, -0.2) is 43.2 Å². The Bertz CT molecular complexity index is 383. The first-order valence-corrected chi connectivity index (χ1v) is 7.49. The van der Waals surface area contributed by atoms with Crippen LogP contribution in [0, 0.1) is 0 Å². The minimum Gasteiger partial charge on any atom is -0.378 e. The summed E-state index contributed by atoms with van der Waals surface area (Å²) in [6.45, 7) is 9.03. The third-order valence-corrected chi connectivity index (χ3v) is 3.81. The van der Waals surface area contributed by atoms with Gasteiger partial charge in [0.15, 0.2) is 0 Å². The molecule has 1 aromatic heterocycles. The van der Waals surface area contributed by atoms with E-state index in [1.54, 1.807) is 18.4 Å². The second-order valence-corrected chi connectivity index (χ2v) is 7.24. The van der Waals surface area contributed by atoms with Gasteiger partial charge < -0.3 is 15.0 Å². The van der Waals surface area contributed by atoms with Crippen molar-refractivity contribution in [1.29, 1.82) is 0 Å². The highest BCUT2D eigenvalue weighted by molar-refractivity contribution is 7.11. The van der Waals surface area contributed by atoms with Crippen LogP contribution < -0.4 is 5.32 Å². The summed E-state index contributed by atoms with van der Waals surface area (Å²) in [5.74, 6) is 0. The van der Waals surface area contributed by atoms with Crippen molar-refractivity contribution < 1.29 is 4.74 Å². The Morgan fingerprint density at radius 1 is 1.32 bits per heavy atom. The molecule has 0 amide bonds. The molecule has 0 spiro atoms. The van der Waals surface area contributed by atoms with Crippen LogP contribution in [0.4, 0.5) is 0 Å². The molecule has 0 bridgehead atoms. The van der Waals surface area contributed by atoms with Gasteiger partial charge in [-0.1, -0.05) is 0 Å². The van der Waals surface area contributed by atoms with E-state index < -0.39 is 0 Å². The standard InChI is InChI=1S/C14H27N3OS/c1-14(2,3)15-9-12-11(10-18-6)16-13(19-12)7-8-17(4)5/h15H,7-10H2,1-6H3. The summed E-state index contributed by atoms with van der Waals surface area (Å²) in [5, 5.41) is 4.72. The van der Waals surface area contributed by atoms with E-state index in [0.29, 0.717) is 6.61 Å². The highest BCUT2D eigenvalue weighted by atomic mass is 32.1. The van der Waals surface area contributed by atoms with Gasteiger partial charge in [-0.2, -0.15) is 0 Å². The molecule has 4 nitrogen and oxygen atoms in total. The van der Waals surface area contributed by atoms with Crippen molar-refractivity contribution in [2.24, 2.45) is 0 Å². The third kappa shape index (κ3) is 6.47. The quantitative estimate of drug-likeness (QED) is 0.834. The second-order valence-electron chi connectivity index (χ2n) is 6.07. The average molecular weight is 285 g/mol. The summed E-state index contributed by atoms with van der Waals surface area (Å²) in [6.07, 6.45) is 1.00. The van der Waals surface area contributed by atoms with Crippen molar-refractivity contribution in [2.75, 3.05) is 27.7 Å². The lowest BCUT2D eigenvalue weighted by Gasteiger charge is -2.20. The minimum atomic E-state index is 0.123. The van der Waals surface area contributed by atoms with E-state index in [0.717, 1.165) is 25.2 Å². The van der Waals surface area contributed by atoms with Gasteiger partial charge in [0.1, 0.15) is 0 Å². The lowest BCUT2D eigenvalue weighted by molar-refractivity contribution is 0.181. The molecule has 0 saturated carbocycles. The van der Waals surface area contributed by atoms with Gasteiger partial charge in [-0.3, -0.25) is 0 Å². The number of ether oxygens (including phenoxy) is 1. The zero-order chi connectivity index (χ0) is 14.5. The van der Waals surface area contributed by atoms with E-state index in [4.69, 9.17) is 9.72 Å². The molecule has 110 valence electrons. The Morgan fingerprint density at radius 3 is 2.53 bits per heavy atom. The van der Waals surface area contributed by atoms with Gasteiger partial charge in [0.05, 0.1) is 17.3 Å². The lowest BCUT2D eigenvalue weighted by Crippen LogP contribution is -2.35. The fourth-order valence-corrected chi connectivity index (χ4v) is 2.60. The van der Waals surface area contributed by atoms with Crippen molar-refractivity contribution >= 4 is 11.3 Å². The molecule has 0 radical (unpaired) electrons. The predicted molar refractivity (Wildman–Crippen MR) is 81.7 cm³/mol. The van der Waals surface area contributed by atoms with Crippen LogP contribution in [0.25, 0.3) is 0 Å². The van der Waals surface area contributed by atoms with Crippen molar-refractivity contribution in [1.82, 2.24) is 15.2 Å². The van der Waals surface area contributed by atoms with Crippen molar-refractivity contribution in [3.05, 3.63) is 15.6 Å². The number of aromatic nitrogens is 1. The summed E-state index contributed by atoms with van der Waals surface area (Å²) >= 11 is 1.80. The SMILES string of the molecule is COCc1nc(CCN(C)C)sc1CNC(C)(C)C. The van der Waals surface area contributed by atoms with Crippen molar-refractivity contribution in [2.45, 2.75) is 45.9 Å². The molecular weight excluding hydrogens is 258 g/mol. The molecule has 0 aliphatic carbocycles. The number of hydrogen-bond donors (Lipinski definition) is 1. The number of methoxy groups -OCH3 is 1. The maximum Gasteiger partial charge on any atom is 0.0945 e. The molecule has 0 aliphatic heterocycles. The van der Waals surface area contributed by atoms with Gasteiger partial charge in [-0.25, -0.2) is 4.98 Å². The molecule has 0 unspecified atom stereocenters. The molecule has 0 saturated heterocycles. The van der Waals surface area contributed by atoms with E-state index in [2.05, 4.69) is 45.1 Å². The number of rotatable bonds is 7. The zero-order valence-electron chi connectivity index (χ0n) is 13.0. The van der Waals surface area contributed by atoms with Crippen molar-refractivity contribution in [3.8, 4) is 0 Å². The first-order valence-electron chi connectivity index (χ1n) is 6.68. The zero-order valence-corrected chi connectivity index (χ0v) is 13.9. The van der Waals surface area contributed by atoms with E-state index in [9.17, 15) is 0 Å². The monoisotopic (exact) mass is 285 g/mol. The molecule has 1 rings (SSSR count). The van der Waals surface area contributed by atoms with Gasteiger partial charge in [-0.05, 0) is 34.9 Å². The molecule has 1 heterocycles. The highest BCUT2D eigenvalue weighted by Gasteiger charge is 2.14. The van der Waals surface area contributed by atoms with Gasteiger partial charge in [0.2, 0.25) is 0 Å². The van der Waals surface area contributed by atoms with Gasteiger partial charge >= 0.3 is 0 Å². The smallest absolute Gasteiger partial charge is 0.0945 e. The van der Waals surface area contributed by atoms with Crippen LogP contribution in [0.1, 0.15) is 36.3 Å². The number of thiazole rings is 1. The van der Waals surface area contributed by atoms with E-state index in [1.165, 1.54) is 9.88 Å². The molecule has 0 aromatic carbocycles. The molecule has 0 fully saturated rings. The number of hydrogen-bond acceptors (Lipinski definition) is 5. The summed E-state index contributed by atoms with van der Waals surface area (Å²) in [6, 6.07) is 0. The van der Waals surface area contributed by atoms with Crippen LogP contribution >= 0.6 is 11.3 Å². The first-order chi connectivity index (χ1) is 8.81. The maximum absolute atomic E-state index is 5.25. The molecule has 0 aliphatic rings.